The van der Waals surface area contributed by atoms with Gasteiger partial charge in [-0.05, 0) is 24.0 Å². The van der Waals surface area contributed by atoms with Crippen LogP contribution in [-0.4, -0.2) is 11.2 Å². The number of H-pyrrole nitrogens is 1. The molecule has 2 nitrogen and oxygen atoms in total. The second-order valence-corrected chi connectivity index (χ2v) is 4.02. The van der Waals surface area contributed by atoms with Crippen LogP contribution in [0.2, 0.25) is 0 Å². The number of hydrogen-bond donors (Lipinski definition) is 1. The van der Waals surface area contributed by atoms with Gasteiger partial charge in [0.15, 0.2) is 5.43 Å². The predicted molar refractivity (Wildman–Crippen MR) is 61.8 cm³/mol. The molecular formula is C11H11NOS. The lowest BCUT2D eigenvalue weighted by atomic mass is 10.1. The lowest BCUT2D eigenvalue weighted by Crippen LogP contribution is -2.00. The molecule has 3 heteroatoms. The molecule has 0 spiro atoms. The van der Waals surface area contributed by atoms with Gasteiger partial charge in [0.25, 0.3) is 0 Å². The first-order valence-corrected chi connectivity index (χ1v) is 5.80. The molecule has 14 heavy (non-hydrogen) atoms. The van der Waals surface area contributed by atoms with E-state index in [2.05, 4.69) is 17.3 Å². The zero-order chi connectivity index (χ0) is 9.97. The van der Waals surface area contributed by atoms with E-state index in [0.29, 0.717) is 0 Å². The maximum absolute atomic E-state index is 11.5. The zero-order valence-electron chi connectivity index (χ0n) is 7.91. The van der Waals surface area contributed by atoms with Crippen molar-refractivity contribution in [2.75, 3.05) is 6.26 Å². The molecule has 0 fully saturated rings. The normalized spacial score (nSPS) is 10.6. The average Bonchev–Trinajstić information content (AvgIpc) is 2.20. The first-order valence-electron chi connectivity index (χ1n) is 4.40. The molecule has 1 heterocycles. The van der Waals surface area contributed by atoms with E-state index in [1.54, 1.807) is 24.0 Å². The molecule has 0 amide bonds. The number of rotatable bonds is 2. The summed E-state index contributed by atoms with van der Waals surface area (Å²) in [7, 11) is 0. The topological polar surface area (TPSA) is 32.9 Å². The molecule has 0 atom stereocenters. The van der Waals surface area contributed by atoms with Crippen LogP contribution in [0, 0.1) is 0 Å². The predicted octanol–water partition coefficient (Wildman–Crippen LogP) is 2.39. The smallest absolute Gasteiger partial charge is 0.189 e. The number of pyridine rings is 1. The summed E-state index contributed by atoms with van der Waals surface area (Å²) in [6.07, 6.45) is 3.73. The molecule has 0 aliphatic rings. The summed E-state index contributed by atoms with van der Waals surface area (Å²) in [6, 6.07) is 7.53. The van der Waals surface area contributed by atoms with Crippen LogP contribution in [0.15, 0.2) is 35.3 Å². The van der Waals surface area contributed by atoms with E-state index in [4.69, 9.17) is 0 Å². The third kappa shape index (κ3) is 1.68. The Labute approximate surface area is 86.3 Å². The van der Waals surface area contributed by atoms with Crippen molar-refractivity contribution >= 4 is 22.7 Å². The first-order chi connectivity index (χ1) is 6.81. The van der Waals surface area contributed by atoms with Gasteiger partial charge in [-0.1, -0.05) is 6.07 Å². The molecule has 1 aromatic heterocycles. The SMILES string of the molecule is CSCc1ccc2[nH]ccc(=O)c2c1. The summed E-state index contributed by atoms with van der Waals surface area (Å²) >= 11 is 1.76. The summed E-state index contributed by atoms with van der Waals surface area (Å²) in [5.74, 6) is 0.949. The third-order valence-corrected chi connectivity index (χ3v) is 2.76. The van der Waals surface area contributed by atoms with Crippen LogP contribution in [0.5, 0.6) is 0 Å². The van der Waals surface area contributed by atoms with Gasteiger partial charge in [0, 0.05) is 28.9 Å². The molecule has 0 bridgehead atoms. The van der Waals surface area contributed by atoms with Crippen molar-refractivity contribution in [2.24, 2.45) is 0 Å². The summed E-state index contributed by atoms with van der Waals surface area (Å²) in [4.78, 5) is 14.6. The molecule has 0 saturated heterocycles. The number of hydrogen-bond acceptors (Lipinski definition) is 2. The van der Waals surface area contributed by atoms with Crippen LogP contribution >= 0.6 is 11.8 Å². The van der Waals surface area contributed by atoms with Crippen LogP contribution in [0.4, 0.5) is 0 Å². The van der Waals surface area contributed by atoms with Crippen LogP contribution in [0.3, 0.4) is 0 Å². The number of benzene rings is 1. The number of aromatic nitrogens is 1. The van der Waals surface area contributed by atoms with Crippen molar-refractivity contribution in [1.29, 1.82) is 0 Å². The largest absolute Gasteiger partial charge is 0.361 e. The van der Waals surface area contributed by atoms with Crippen molar-refractivity contribution in [3.8, 4) is 0 Å². The zero-order valence-corrected chi connectivity index (χ0v) is 8.73. The van der Waals surface area contributed by atoms with E-state index in [1.165, 1.54) is 5.56 Å². The second kappa shape index (κ2) is 3.88. The van der Waals surface area contributed by atoms with E-state index < -0.39 is 0 Å². The van der Waals surface area contributed by atoms with Crippen molar-refractivity contribution in [3.05, 3.63) is 46.2 Å². The Morgan fingerprint density at radius 1 is 1.36 bits per heavy atom. The minimum Gasteiger partial charge on any atom is -0.361 e. The minimum atomic E-state index is 0.0849. The fraction of sp³-hybridized carbons (Fsp3) is 0.182. The molecule has 1 aromatic carbocycles. The molecule has 0 saturated carbocycles. The fourth-order valence-electron chi connectivity index (χ4n) is 1.47. The number of fused-ring (bicyclic) bond motifs is 1. The molecule has 0 radical (unpaired) electrons. The van der Waals surface area contributed by atoms with Gasteiger partial charge >= 0.3 is 0 Å². The van der Waals surface area contributed by atoms with Gasteiger partial charge in [-0.25, -0.2) is 0 Å². The van der Waals surface area contributed by atoms with Gasteiger partial charge in [0.2, 0.25) is 0 Å². The summed E-state index contributed by atoms with van der Waals surface area (Å²) < 4.78 is 0. The van der Waals surface area contributed by atoms with Gasteiger partial charge in [-0.3, -0.25) is 4.79 Å². The summed E-state index contributed by atoms with van der Waals surface area (Å²) in [5, 5.41) is 0.777. The Morgan fingerprint density at radius 3 is 3.00 bits per heavy atom. The lowest BCUT2D eigenvalue weighted by Gasteiger charge is -2.00. The van der Waals surface area contributed by atoms with E-state index in [1.807, 2.05) is 12.1 Å². The maximum Gasteiger partial charge on any atom is 0.189 e. The highest BCUT2D eigenvalue weighted by Crippen LogP contribution is 2.13. The third-order valence-electron chi connectivity index (χ3n) is 2.13. The van der Waals surface area contributed by atoms with Gasteiger partial charge in [-0.2, -0.15) is 11.8 Å². The standard InChI is InChI=1S/C11H11NOS/c1-14-7-8-2-3-10-9(6-8)11(13)4-5-12-10/h2-6H,7H2,1H3,(H,12,13). The molecule has 0 aliphatic heterocycles. The van der Waals surface area contributed by atoms with Crippen molar-refractivity contribution in [3.63, 3.8) is 0 Å². The average molecular weight is 205 g/mol. The molecular weight excluding hydrogens is 194 g/mol. The molecule has 2 rings (SSSR count). The minimum absolute atomic E-state index is 0.0849. The van der Waals surface area contributed by atoms with E-state index in [0.717, 1.165) is 16.7 Å². The van der Waals surface area contributed by atoms with Crippen LogP contribution in [0.1, 0.15) is 5.56 Å². The summed E-state index contributed by atoms with van der Waals surface area (Å²) in [6.45, 7) is 0. The van der Waals surface area contributed by atoms with Gasteiger partial charge < -0.3 is 4.98 Å². The Morgan fingerprint density at radius 2 is 2.21 bits per heavy atom. The lowest BCUT2D eigenvalue weighted by molar-refractivity contribution is 1.36. The Bertz CT molecular complexity index is 504. The van der Waals surface area contributed by atoms with Crippen LogP contribution in [-0.2, 0) is 5.75 Å². The quantitative estimate of drug-likeness (QED) is 0.816. The highest BCUT2D eigenvalue weighted by Gasteiger charge is 1.98. The Kier molecular flexibility index (Phi) is 2.59. The Hall–Kier alpha value is -1.22. The van der Waals surface area contributed by atoms with Crippen molar-refractivity contribution in [2.45, 2.75) is 5.75 Å². The first kappa shape index (κ1) is 9.34. The van der Waals surface area contributed by atoms with E-state index in [-0.39, 0.29) is 5.43 Å². The molecule has 0 aliphatic carbocycles. The molecule has 1 N–H and O–H groups in total. The fourth-order valence-corrected chi connectivity index (χ4v) is 1.99. The molecule has 72 valence electrons. The second-order valence-electron chi connectivity index (χ2n) is 3.15. The van der Waals surface area contributed by atoms with Crippen LogP contribution < -0.4 is 5.43 Å². The highest BCUT2D eigenvalue weighted by atomic mass is 32.2. The monoisotopic (exact) mass is 205 g/mol. The molecule has 0 unspecified atom stereocenters. The Balaban J connectivity index is 2.64. The molecule has 2 aromatic rings. The number of thioether (sulfide) groups is 1. The highest BCUT2D eigenvalue weighted by molar-refractivity contribution is 7.97. The maximum atomic E-state index is 11.5. The number of aromatic amines is 1. The van der Waals surface area contributed by atoms with Crippen molar-refractivity contribution in [1.82, 2.24) is 4.98 Å². The van der Waals surface area contributed by atoms with Gasteiger partial charge in [-0.15, -0.1) is 0 Å². The van der Waals surface area contributed by atoms with Gasteiger partial charge in [0.1, 0.15) is 0 Å². The van der Waals surface area contributed by atoms with Crippen molar-refractivity contribution < 1.29 is 0 Å². The van der Waals surface area contributed by atoms with Gasteiger partial charge in [0.05, 0.1) is 0 Å². The number of nitrogens with one attached hydrogen (secondary N) is 1. The summed E-state index contributed by atoms with van der Waals surface area (Å²) in [5.41, 5.74) is 2.19. The van der Waals surface area contributed by atoms with Crippen LogP contribution in [0.25, 0.3) is 10.9 Å². The van der Waals surface area contributed by atoms with E-state index in [9.17, 15) is 4.79 Å². The van der Waals surface area contributed by atoms with E-state index >= 15 is 0 Å².